The Morgan fingerprint density at radius 2 is 1.89 bits per heavy atom. The molecule has 2 N–H and O–H groups in total. The fraction of sp³-hybridized carbons (Fsp3) is 0. The summed E-state index contributed by atoms with van der Waals surface area (Å²) in [6, 6.07) is 7.57. The molecule has 3 aromatic rings. The molecule has 2 aromatic heterocycles. The zero-order chi connectivity index (χ0) is 13.2. The Kier molecular flexibility index (Phi) is 3.00. The van der Waals surface area contributed by atoms with Gasteiger partial charge in [0.1, 0.15) is 12.2 Å². The molecule has 6 heteroatoms. The van der Waals surface area contributed by atoms with E-state index in [1.807, 2.05) is 35.0 Å². The second-order valence-electron chi connectivity index (χ2n) is 3.94. The van der Waals surface area contributed by atoms with Gasteiger partial charge in [-0.15, -0.1) is 0 Å². The van der Waals surface area contributed by atoms with Crippen LogP contribution in [0.5, 0.6) is 0 Å². The van der Waals surface area contributed by atoms with Crippen LogP contribution < -0.4 is 5.73 Å². The Bertz CT molecular complexity index is 705. The SMILES string of the molecule is Nc1ccc(-c2nccn2-c2ncncc2Br)cc1. The van der Waals surface area contributed by atoms with E-state index in [4.69, 9.17) is 5.73 Å². The number of anilines is 1. The molecule has 0 aliphatic carbocycles. The number of imidazole rings is 1. The second kappa shape index (κ2) is 4.81. The van der Waals surface area contributed by atoms with Crippen molar-refractivity contribution < 1.29 is 0 Å². The summed E-state index contributed by atoms with van der Waals surface area (Å²) in [5.74, 6) is 1.55. The summed E-state index contributed by atoms with van der Waals surface area (Å²) in [7, 11) is 0. The van der Waals surface area contributed by atoms with Crippen LogP contribution in [0.2, 0.25) is 0 Å². The number of hydrogen-bond donors (Lipinski definition) is 1. The summed E-state index contributed by atoms with van der Waals surface area (Å²) in [5.41, 5.74) is 7.40. The maximum absolute atomic E-state index is 5.70. The van der Waals surface area contributed by atoms with Crippen molar-refractivity contribution >= 4 is 21.6 Å². The van der Waals surface area contributed by atoms with Crippen molar-refractivity contribution in [3.05, 3.63) is 53.7 Å². The van der Waals surface area contributed by atoms with Crippen LogP contribution >= 0.6 is 15.9 Å². The summed E-state index contributed by atoms with van der Waals surface area (Å²) in [4.78, 5) is 12.6. The summed E-state index contributed by atoms with van der Waals surface area (Å²) >= 11 is 3.44. The molecule has 0 fully saturated rings. The Balaban J connectivity index is 2.13. The highest BCUT2D eigenvalue weighted by atomic mass is 79.9. The third-order valence-corrected chi connectivity index (χ3v) is 3.25. The first-order chi connectivity index (χ1) is 9.25. The minimum atomic E-state index is 0.727. The average molecular weight is 316 g/mol. The number of nitrogens with zero attached hydrogens (tertiary/aromatic N) is 4. The molecule has 94 valence electrons. The maximum atomic E-state index is 5.70. The third-order valence-electron chi connectivity index (χ3n) is 2.69. The quantitative estimate of drug-likeness (QED) is 0.738. The number of benzene rings is 1. The average Bonchev–Trinajstić information content (AvgIpc) is 2.89. The van der Waals surface area contributed by atoms with Gasteiger partial charge in [0.15, 0.2) is 5.82 Å². The number of aromatic nitrogens is 4. The third kappa shape index (κ3) is 2.22. The lowest BCUT2D eigenvalue weighted by atomic mass is 10.2. The molecule has 0 unspecified atom stereocenters. The highest BCUT2D eigenvalue weighted by molar-refractivity contribution is 9.10. The molecular weight excluding hydrogens is 306 g/mol. The molecule has 0 amide bonds. The smallest absolute Gasteiger partial charge is 0.156 e. The van der Waals surface area contributed by atoms with Crippen molar-refractivity contribution in [2.75, 3.05) is 5.73 Å². The lowest BCUT2D eigenvalue weighted by Gasteiger charge is -2.08. The van der Waals surface area contributed by atoms with Gasteiger partial charge in [0, 0.05) is 29.8 Å². The van der Waals surface area contributed by atoms with Crippen molar-refractivity contribution in [2.24, 2.45) is 0 Å². The fourth-order valence-electron chi connectivity index (χ4n) is 1.80. The van der Waals surface area contributed by atoms with Gasteiger partial charge in [-0.1, -0.05) is 0 Å². The Labute approximate surface area is 118 Å². The summed E-state index contributed by atoms with van der Waals surface area (Å²) in [5, 5.41) is 0. The minimum Gasteiger partial charge on any atom is -0.399 e. The van der Waals surface area contributed by atoms with Crippen molar-refractivity contribution in [1.29, 1.82) is 0 Å². The molecule has 3 rings (SSSR count). The standard InChI is InChI=1S/C13H10BrN5/c14-11-7-16-8-18-13(11)19-6-5-17-12(19)9-1-3-10(15)4-2-9/h1-8H,15H2. The van der Waals surface area contributed by atoms with Crippen LogP contribution in [0.15, 0.2) is 53.7 Å². The van der Waals surface area contributed by atoms with Crippen LogP contribution in [0.3, 0.4) is 0 Å². The molecule has 0 saturated carbocycles. The van der Waals surface area contributed by atoms with Gasteiger partial charge >= 0.3 is 0 Å². The van der Waals surface area contributed by atoms with Gasteiger partial charge in [-0.2, -0.15) is 0 Å². The molecule has 0 aliphatic rings. The highest BCUT2D eigenvalue weighted by Gasteiger charge is 2.11. The van der Waals surface area contributed by atoms with Crippen LogP contribution in [0.4, 0.5) is 5.69 Å². The van der Waals surface area contributed by atoms with Gasteiger partial charge in [0.05, 0.1) is 4.47 Å². The lowest BCUT2D eigenvalue weighted by molar-refractivity contribution is 0.968. The zero-order valence-electron chi connectivity index (χ0n) is 9.86. The van der Waals surface area contributed by atoms with Crippen LogP contribution in [0, 0.1) is 0 Å². The van der Waals surface area contributed by atoms with Gasteiger partial charge in [-0.25, -0.2) is 15.0 Å². The second-order valence-corrected chi connectivity index (χ2v) is 4.79. The topological polar surface area (TPSA) is 69.6 Å². The van der Waals surface area contributed by atoms with Gasteiger partial charge < -0.3 is 5.73 Å². The first-order valence-electron chi connectivity index (χ1n) is 5.61. The monoisotopic (exact) mass is 315 g/mol. The predicted octanol–water partition coefficient (Wildman–Crippen LogP) is 2.67. The number of nitrogens with two attached hydrogens (primary N) is 1. The van der Waals surface area contributed by atoms with Crippen LogP contribution in [0.1, 0.15) is 0 Å². The molecule has 5 nitrogen and oxygen atoms in total. The Morgan fingerprint density at radius 3 is 2.63 bits per heavy atom. The van der Waals surface area contributed by atoms with Crippen molar-refractivity contribution in [1.82, 2.24) is 19.5 Å². The number of rotatable bonds is 2. The van der Waals surface area contributed by atoms with Gasteiger partial charge in [-0.05, 0) is 40.2 Å². The van der Waals surface area contributed by atoms with Gasteiger partial charge in [-0.3, -0.25) is 4.57 Å². The lowest BCUT2D eigenvalue weighted by Crippen LogP contribution is -2.00. The summed E-state index contributed by atoms with van der Waals surface area (Å²) in [6.07, 6.45) is 6.81. The normalized spacial score (nSPS) is 10.6. The molecule has 2 heterocycles. The number of nitrogen functional groups attached to an aromatic ring is 1. The van der Waals surface area contributed by atoms with Crippen molar-refractivity contribution in [3.8, 4) is 17.2 Å². The molecule has 0 atom stereocenters. The van der Waals surface area contributed by atoms with E-state index in [0.717, 1.165) is 27.4 Å². The molecule has 1 aromatic carbocycles. The van der Waals surface area contributed by atoms with Crippen LogP contribution in [-0.4, -0.2) is 19.5 Å². The van der Waals surface area contributed by atoms with Gasteiger partial charge in [0.25, 0.3) is 0 Å². The summed E-state index contributed by atoms with van der Waals surface area (Å²) in [6.45, 7) is 0. The summed E-state index contributed by atoms with van der Waals surface area (Å²) < 4.78 is 2.71. The zero-order valence-corrected chi connectivity index (χ0v) is 11.4. The van der Waals surface area contributed by atoms with E-state index in [1.165, 1.54) is 6.33 Å². The van der Waals surface area contributed by atoms with E-state index in [1.54, 1.807) is 12.4 Å². The Morgan fingerprint density at radius 1 is 1.11 bits per heavy atom. The van der Waals surface area contributed by atoms with Crippen molar-refractivity contribution in [2.45, 2.75) is 0 Å². The molecule has 19 heavy (non-hydrogen) atoms. The molecule has 0 saturated heterocycles. The van der Waals surface area contributed by atoms with Crippen LogP contribution in [0.25, 0.3) is 17.2 Å². The number of hydrogen-bond acceptors (Lipinski definition) is 4. The van der Waals surface area contributed by atoms with E-state index in [0.29, 0.717) is 0 Å². The molecule has 0 bridgehead atoms. The fourth-order valence-corrected chi connectivity index (χ4v) is 2.22. The van der Waals surface area contributed by atoms with Crippen LogP contribution in [-0.2, 0) is 0 Å². The van der Waals surface area contributed by atoms with E-state index in [-0.39, 0.29) is 0 Å². The number of halogens is 1. The maximum Gasteiger partial charge on any atom is 0.156 e. The van der Waals surface area contributed by atoms with E-state index < -0.39 is 0 Å². The van der Waals surface area contributed by atoms with Crippen molar-refractivity contribution in [3.63, 3.8) is 0 Å². The molecule has 0 radical (unpaired) electrons. The first-order valence-corrected chi connectivity index (χ1v) is 6.40. The Hall–Kier alpha value is -2.21. The largest absolute Gasteiger partial charge is 0.399 e. The molecular formula is C13H10BrN5. The van der Waals surface area contributed by atoms with E-state index >= 15 is 0 Å². The predicted molar refractivity (Wildman–Crippen MR) is 76.7 cm³/mol. The van der Waals surface area contributed by atoms with Gasteiger partial charge in [0.2, 0.25) is 0 Å². The minimum absolute atomic E-state index is 0.727. The molecule has 0 spiro atoms. The van der Waals surface area contributed by atoms with E-state index in [9.17, 15) is 0 Å². The van der Waals surface area contributed by atoms with E-state index in [2.05, 4.69) is 30.9 Å². The first kappa shape index (κ1) is 11.9. The molecule has 0 aliphatic heterocycles. The highest BCUT2D eigenvalue weighted by Crippen LogP contribution is 2.24.